The van der Waals surface area contributed by atoms with Crippen LogP contribution in [0.1, 0.15) is 35.6 Å². The summed E-state index contributed by atoms with van der Waals surface area (Å²) in [7, 11) is 0. The molecule has 2 rings (SSSR count). The molecule has 0 saturated heterocycles. The molecule has 0 unspecified atom stereocenters. The summed E-state index contributed by atoms with van der Waals surface area (Å²) >= 11 is 0. The summed E-state index contributed by atoms with van der Waals surface area (Å²) < 4.78 is 0. The molecule has 0 spiro atoms. The van der Waals surface area contributed by atoms with E-state index in [4.69, 9.17) is 5.11 Å². The van der Waals surface area contributed by atoms with E-state index >= 15 is 0 Å². The van der Waals surface area contributed by atoms with Gasteiger partial charge in [-0.3, -0.25) is 0 Å². The predicted molar refractivity (Wildman–Crippen MR) is 55.1 cm³/mol. The van der Waals surface area contributed by atoms with Gasteiger partial charge in [0, 0.05) is 0 Å². The first-order chi connectivity index (χ1) is 6.81. The molecule has 1 aliphatic carbocycles. The molecule has 0 bridgehead atoms. The highest BCUT2D eigenvalue weighted by Crippen LogP contribution is 2.24. The van der Waals surface area contributed by atoms with E-state index in [1.807, 2.05) is 12.1 Å². The topological polar surface area (TPSA) is 40.5 Å². The van der Waals surface area contributed by atoms with E-state index in [9.17, 15) is 5.11 Å². The Morgan fingerprint density at radius 3 is 2.57 bits per heavy atom. The predicted octanol–water partition coefficient (Wildman–Crippen LogP) is 1.59. The second-order valence-corrected chi connectivity index (χ2v) is 3.93. The van der Waals surface area contributed by atoms with Gasteiger partial charge in [-0.05, 0) is 42.4 Å². The number of fused-ring (bicyclic) bond motifs is 1. The number of aryl methyl sites for hydroxylation is 2. The summed E-state index contributed by atoms with van der Waals surface area (Å²) in [5.41, 5.74) is 3.60. The first-order valence-corrected chi connectivity index (χ1v) is 5.22. The SMILES string of the molecule is OC[C@@H](O)c1ccc2c(c1)CCCC2. The Morgan fingerprint density at radius 2 is 1.86 bits per heavy atom. The van der Waals surface area contributed by atoms with E-state index in [2.05, 4.69) is 6.07 Å². The van der Waals surface area contributed by atoms with Crippen LogP contribution in [-0.4, -0.2) is 16.8 Å². The van der Waals surface area contributed by atoms with Crippen molar-refractivity contribution in [1.29, 1.82) is 0 Å². The van der Waals surface area contributed by atoms with Crippen LogP contribution in [0.3, 0.4) is 0 Å². The summed E-state index contributed by atoms with van der Waals surface area (Å²) in [4.78, 5) is 0. The summed E-state index contributed by atoms with van der Waals surface area (Å²) in [5, 5.41) is 18.3. The molecule has 1 aromatic rings. The van der Waals surface area contributed by atoms with Gasteiger partial charge in [-0.1, -0.05) is 18.2 Å². The average Bonchev–Trinajstić information content (AvgIpc) is 2.27. The number of aliphatic hydroxyl groups excluding tert-OH is 2. The molecule has 76 valence electrons. The molecule has 2 nitrogen and oxygen atoms in total. The minimum atomic E-state index is -0.720. The maximum absolute atomic E-state index is 9.48. The van der Waals surface area contributed by atoms with Crippen molar-refractivity contribution in [2.75, 3.05) is 6.61 Å². The van der Waals surface area contributed by atoms with E-state index in [1.54, 1.807) is 0 Å². The lowest BCUT2D eigenvalue weighted by atomic mass is 9.89. The van der Waals surface area contributed by atoms with Gasteiger partial charge in [0.05, 0.1) is 6.61 Å². The van der Waals surface area contributed by atoms with Crippen LogP contribution in [0.2, 0.25) is 0 Å². The molecule has 1 aromatic carbocycles. The highest BCUT2D eigenvalue weighted by Gasteiger charge is 2.12. The van der Waals surface area contributed by atoms with Crippen molar-refractivity contribution in [2.24, 2.45) is 0 Å². The number of rotatable bonds is 2. The molecule has 0 heterocycles. The Kier molecular flexibility index (Phi) is 2.85. The highest BCUT2D eigenvalue weighted by molar-refractivity contribution is 5.34. The molecular weight excluding hydrogens is 176 g/mol. The minimum Gasteiger partial charge on any atom is -0.393 e. The second-order valence-electron chi connectivity index (χ2n) is 3.93. The molecule has 0 saturated carbocycles. The smallest absolute Gasteiger partial charge is 0.102 e. The molecule has 0 radical (unpaired) electrons. The van der Waals surface area contributed by atoms with Crippen molar-refractivity contribution in [3.05, 3.63) is 34.9 Å². The molecule has 0 aromatic heterocycles. The number of hydrogen-bond acceptors (Lipinski definition) is 2. The van der Waals surface area contributed by atoms with Crippen LogP contribution in [0.4, 0.5) is 0 Å². The zero-order valence-electron chi connectivity index (χ0n) is 8.24. The third-order valence-electron chi connectivity index (χ3n) is 2.93. The largest absolute Gasteiger partial charge is 0.393 e. The zero-order chi connectivity index (χ0) is 9.97. The minimum absolute atomic E-state index is 0.196. The first-order valence-electron chi connectivity index (χ1n) is 5.22. The first kappa shape index (κ1) is 9.69. The van der Waals surface area contributed by atoms with E-state index in [0.29, 0.717) is 0 Å². The van der Waals surface area contributed by atoms with E-state index in [-0.39, 0.29) is 6.61 Å². The number of hydrogen-bond donors (Lipinski definition) is 2. The fourth-order valence-electron chi connectivity index (χ4n) is 2.07. The van der Waals surface area contributed by atoms with Crippen molar-refractivity contribution in [3.8, 4) is 0 Å². The van der Waals surface area contributed by atoms with Gasteiger partial charge in [0.1, 0.15) is 6.10 Å². The maximum Gasteiger partial charge on any atom is 0.102 e. The van der Waals surface area contributed by atoms with Gasteiger partial charge in [-0.25, -0.2) is 0 Å². The molecule has 2 heteroatoms. The second kappa shape index (κ2) is 4.11. The van der Waals surface area contributed by atoms with Crippen LogP contribution in [0.25, 0.3) is 0 Å². The molecule has 0 amide bonds. The summed E-state index contributed by atoms with van der Waals surface area (Å²) in [6, 6.07) is 6.04. The van der Waals surface area contributed by atoms with Crippen LogP contribution in [0.5, 0.6) is 0 Å². The van der Waals surface area contributed by atoms with Gasteiger partial charge in [-0.15, -0.1) is 0 Å². The Labute approximate surface area is 84.2 Å². The molecule has 1 aliphatic rings. The number of benzene rings is 1. The van der Waals surface area contributed by atoms with Gasteiger partial charge in [0.25, 0.3) is 0 Å². The van der Waals surface area contributed by atoms with E-state index in [1.165, 1.54) is 24.0 Å². The van der Waals surface area contributed by atoms with Crippen molar-refractivity contribution < 1.29 is 10.2 Å². The third-order valence-corrected chi connectivity index (χ3v) is 2.93. The van der Waals surface area contributed by atoms with Gasteiger partial charge in [0.15, 0.2) is 0 Å². The van der Waals surface area contributed by atoms with Crippen molar-refractivity contribution in [1.82, 2.24) is 0 Å². The molecule has 0 aliphatic heterocycles. The quantitative estimate of drug-likeness (QED) is 0.747. The van der Waals surface area contributed by atoms with Gasteiger partial charge in [0.2, 0.25) is 0 Å². The van der Waals surface area contributed by atoms with Gasteiger partial charge >= 0.3 is 0 Å². The Hall–Kier alpha value is -0.860. The average molecular weight is 192 g/mol. The van der Waals surface area contributed by atoms with Crippen molar-refractivity contribution in [3.63, 3.8) is 0 Å². The monoisotopic (exact) mass is 192 g/mol. The molecular formula is C12H16O2. The molecule has 2 N–H and O–H groups in total. The fourth-order valence-corrected chi connectivity index (χ4v) is 2.07. The number of aliphatic hydroxyl groups is 2. The van der Waals surface area contributed by atoms with Crippen molar-refractivity contribution in [2.45, 2.75) is 31.8 Å². The van der Waals surface area contributed by atoms with Crippen LogP contribution in [0, 0.1) is 0 Å². The van der Waals surface area contributed by atoms with Crippen LogP contribution < -0.4 is 0 Å². The van der Waals surface area contributed by atoms with Crippen LogP contribution in [-0.2, 0) is 12.8 Å². The van der Waals surface area contributed by atoms with E-state index in [0.717, 1.165) is 18.4 Å². The molecule has 14 heavy (non-hydrogen) atoms. The third kappa shape index (κ3) is 1.81. The van der Waals surface area contributed by atoms with Gasteiger partial charge < -0.3 is 10.2 Å². The lowest BCUT2D eigenvalue weighted by molar-refractivity contribution is 0.0955. The Bertz CT molecular complexity index is 320. The Balaban J connectivity index is 2.29. The normalized spacial score (nSPS) is 17.6. The lowest BCUT2D eigenvalue weighted by Crippen LogP contribution is -2.07. The molecule has 0 fully saturated rings. The summed E-state index contributed by atoms with van der Waals surface area (Å²) in [5.74, 6) is 0. The summed E-state index contributed by atoms with van der Waals surface area (Å²) in [6.45, 7) is -0.196. The summed E-state index contributed by atoms with van der Waals surface area (Å²) in [6.07, 6.45) is 4.06. The molecule has 1 atom stereocenters. The maximum atomic E-state index is 9.48. The van der Waals surface area contributed by atoms with Crippen LogP contribution >= 0.6 is 0 Å². The fraction of sp³-hybridized carbons (Fsp3) is 0.500. The standard InChI is InChI=1S/C12H16O2/c13-8-12(14)11-6-5-9-3-1-2-4-10(9)7-11/h5-7,12-14H,1-4,8H2/t12-/m1/s1. The zero-order valence-corrected chi connectivity index (χ0v) is 8.24. The highest BCUT2D eigenvalue weighted by atomic mass is 16.3. The Morgan fingerprint density at radius 1 is 1.14 bits per heavy atom. The van der Waals surface area contributed by atoms with Crippen LogP contribution in [0.15, 0.2) is 18.2 Å². The van der Waals surface area contributed by atoms with Crippen molar-refractivity contribution >= 4 is 0 Å². The van der Waals surface area contributed by atoms with Gasteiger partial charge in [-0.2, -0.15) is 0 Å². The van der Waals surface area contributed by atoms with E-state index < -0.39 is 6.10 Å². The lowest BCUT2D eigenvalue weighted by Gasteiger charge is -2.17.